The Hall–Kier alpha value is -2.95. The summed E-state index contributed by atoms with van der Waals surface area (Å²) in [6.07, 6.45) is 1.69. The number of benzene rings is 2. The quantitative estimate of drug-likeness (QED) is 0.756. The van der Waals surface area contributed by atoms with Crippen molar-refractivity contribution < 1.29 is 0 Å². The number of nitrogens with zero attached hydrogens (tertiary/aromatic N) is 4. The minimum Gasteiger partial charge on any atom is -0.325 e. The number of aromatic nitrogens is 3. The molecule has 0 spiro atoms. The van der Waals surface area contributed by atoms with Gasteiger partial charge < -0.3 is 10.2 Å². The molecule has 0 saturated heterocycles. The second-order valence-electron chi connectivity index (χ2n) is 5.72. The van der Waals surface area contributed by atoms with Gasteiger partial charge in [0, 0.05) is 17.9 Å². The van der Waals surface area contributed by atoms with Crippen molar-refractivity contribution in [2.24, 2.45) is 0 Å². The van der Waals surface area contributed by atoms with E-state index < -0.39 is 0 Å². The van der Waals surface area contributed by atoms with Gasteiger partial charge in [-0.3, -0.25) is 0 Å². The molecule has 0 bridgehead atoms. The van der Waals surface area contributed by atoms with Gasteiger partial charge in [-0.25, -0.2) is 0 Å². The average molecular weight is 319 g/mol. The molecule has 0 fully saturated rings. The van der Waals surface area contributed by atoms with E-state index in [0.29, 0.717) is 5.95 Å². The van der Waals surface area contributed by atoms with Crippen molar-refractivity contribution in [2.75, 3.05) is 16.8 Å². The van der Waals surface area contributed by atoms with Gasteiger partial charge in [-0.2, -0.15) is 10.1 Å². The van der Waals surface area contributed by atoms with Gasteiger partial charge in [0.15, 0.2) is 5.82 Å². The van der Waals surface area contributed by atoms with Gasteiger partial charge >= 0.3 is 0 Å². The van der Waals surface area contributed by atoms with Crippen LogP contribution in [0.3, 0.4) is 0 Å². The van der Waals surface area contributed by atoms with Crippen molar-refractivity contribution in [3.8, 4) is 0 Å². The van der Waals surface area contributed by atoms with E-state index in [1.807, 2.05) is 24.3 Å². The molecule has 1 N–H and O–H groups in total. The summed E-state index contributed by atoms with van der Waals surface area (Å²) in [7, 11) is 0. The van der Waals surface area contributed by atoms with Gasteiger partial charge in [-0.15, -0.1) is 5.10 Å². The van der Waals surface area contributed by atoms with Crippen LogP contribution in [0.25, 0.3) is 0 Å². The summed E-state index contributed by atoms with van der Waals surface area (Å²) in [6.45, 7) is 7.03. The summed E-state index contributed by atoms with van der Waals surface area (Å²) in [5.41, 5.74) is 4.44. The van der Waals surface area contributed by atoms with Crippen molar-refractivity contribution in [1.82, 2.24) is 15.2 Å². The first-order chi connectivity index (χ1) is 11.7. The molecule has 0 saturated carbocycles. The largest absolute Gasteiger partial charge is 0.325 e. The number of hydrogen-bond acceptors (Lipinski definition) is 5. The molecule has 1 aromatic heterocycles. The van der Waals surface area contributed by atoms with Gasteiger partial charge in [0.1, 0.15) is 0 Å². The molecule has 2 aromatic carbocycles. The van der Waals surface area contributed by atoms with Gasteiger partial charge in [-0.05, 0) is 56.2 Å². The fourth-order valence-corrected chi connectivity index (χ4v) is 2.60. The molecule has 24 heavy (non-hydrogen) atoms. The Morgan fingerprint density at radius 3 is 2.46 bits per heavy atom. The lowest BCUT2D eigenvalue weighted by molar-refractivity contribution is 0.921. The molecule has 0 aliphatic carbocycles. The van der Waals surface area contributed by atoms with Crippen LogP contribution in [0, 0.1) is 13.8 Å². The number of nitrogens with one attached hydrogen (secondary N) is 1. The van der Waals surface area contributed by atoms with Crippen molar-refractivity contribution in [1.29, 1.82) is 0 Å². The Labute approximate surface area is 142 Å². The van der Waals surface area contributed by atoms with Crippen LogP contribution in [0.15, 0.2) is 54.7 Å². The van der Waals surface area contributed by atoms with E-state index in [2.05, 4.69) is 70.4 Å². The van der Waals surface area contributed by atoms with E-state index in [1.165, 1.54) is 11.1 Å². The second kappa shape index (κ2) is 7.08. The second-order valence-corrected chi connectivity index (χ2v) is 5.72. The first-order valence-electron chi connectivity index (χ1n) is 8.03. The molecule has 5 heteroatoms. The molecule has 0 aliphatic rings. The van der Waals surface area contributed by atoms with Gasteiger partial charge in [0.2, 0.25) is 5.95 Å². The Kier molecular flexibility index (Phi) is 4.70. The zero-order valence-corrected chi connectivity index (χ0v) is 14.2. The lowest BCUT2D eigenvalue weighted by Gasteiger charge is -2.22. The Morgan fingerprint density at radius 2 is 1.75 bits per heavy atom. The SMILES string of the molecule is CCN(c1cccc(C)c1)c1cnnc(Nc2cccc(C)c2)n1. The standard InChI is InChI=1S/C19H21N5/c1-4-24(17-10-6-8-15(3)12-17)18-13-20-23-19(22-18)21-16-9-5-7-14(2)11-16/h5-13H,4H2,1-3H3,(H,21,22,23). The van der Waals surface area contributed by atoms with Crippen LogP contribution in [0.5, 0.6) is 0 Å². The molecule has 122 valence electrons. The summed E-state index contributed by atoms with van der Waals surface area (Å²) in [5, 5.41) is 11.4. The van der Waals surface area contributed by atoms with Crippen molar-refractivity contribution in [3.63, 3.8) is 0 Å². The van der Waals surface area contributed by atoms with Crippen LogP contribution in [-0.2, 0) is 0 Å². The van der Waals surface area contributed by atoms with Crippen LogP contribution >= 0.6 is 0 Å². The molecule has 0 atom stereocenters. The predicted molar refractivity (Wildman–Crippen MR) is 98.1 cm³/mol. The highest BCUT2D eigenvalue weighted by atomic mass is 15.3. The summed E-state index contributed by atoms with van der Waals surface area (Å²) < 4.78 is 0. The Morgan fingerprint density at radius 1 is 1.00 bits per heavy atom. The minimum atomic E-state index is 0.490. The maximum atomic E-state index is 4.62. The van der Waals surface area contributed by atoms with E-state index in [9.17, 15) is 0 Å². The van der Waals surface area contributed by atoms with Crippen molar-refractivity contribution in [2.45, 2.75) is 20.8 Å². The van der Waals surface area contributed by atoms with Crippen LogP contribution in [-0.4, -0.2) is 21.7 Å². The third-order valence-corrected chi connectivity index (χ3v) is 3.73. The van der Waals surface area contributed by atoms with Crippen molar-refractivity contribution in [3.05, 3.63) is 65.9 Å². The van der Waals surface area contributed by atoms with Gasteiger partial charge in [-0.1, -0.05) is 24.3 Å². The third kappa shape index (κ3) is 3.68. The fourth-order valence-electron chi connectivity index (χ4n) is 2.60. The zero-order chi connectivity index (χ0) is 16.9. The Balaban J connectivity index is 1.88. The molecular formula is C19H21N5. The predicted octanol–water partition coefficient (Wildman–Crippen LogP) is 4.39. The van der Waals surface area contributed by atoms with Gasteiger partial charge in [0.25, 0.3) is 0 Å². The third-order valence-electron chi connectivity index (χ3n) is 3.73. The highest BCUT2D eigenvalue weighted by molar-refractivity contribution is 5.62. The van der Waals surface area contributed by atoms with Crippen molar-refractivity contribution >= 4 is 23.1 Å². The first kappa shape index (κ1) is 15.9. The number of aryl methyl sites for hydroxylation is 2. The monoisotopic (exact) mass is 319 g/mol. The molecule has 0 amide bonds. The van der Waals surface area contributed by atoms with E-state index in [1.54, 1.807) is 6.20 Å². The maximum Gasteiger partial charge on any atom is 0.249 e. The smallest absolute Gasteiger partial charge is 0.249 e. The lowest BCUT2D eigenvalue weighted by atomic mass is 10.2. The van der Waals surface area contributed by atoms with E-state index in [-0.39, 0.29) is 0 Å². The fraction of sp³-hybridized carbons (Fsp3) is 0.211. The molecular weight excluding hydrogens is 298 g/mol. The average Bonchev–Trinajstić information content (AvgIpc) is 2.56. The summed E-state index contributed by atoms with van der Waals surface area (Å²) in [4.78, 5) is 6.73. The highest BCUT2D eigenvalue weighted by Gasteiger charge is 2.11. The number of hydrogen-bond donors (Lipinski definition) is 1. The normalized spacial score (nSPS) is 10.5. The molecule has 0 radical (unpaired) electrons. The summed E-state index contributed by atoms with van der Waals surface area (Å²) >= 11 is 0. The number of anilines is 4. The van der Waals surface area contributed by atoms with Crippen LogP contribution in [0.1, 0.15) is 18.1 Å². The zero-order valence-electron chi connectivity index (χ0n) is 14.2. The summed E-state index contributed by atoms with van der Waals surface area (Å²) in [5.74, 6) is 1.26. The first-order valence-corrected chi connectivity index (χ1v) is 8.03. The topological polar surface area (TPSA) is 53.9 Å². The van der Waals surface area contributed by atoms with Crippen LogP contribution in [0.4, 0.5) is 23.1 Å². The highest BCUT2D eigenvalue weighted by Crippen LogP contribution is 2.24. The Bertz CT molecular complexity index is 831. The molecule has 3 aromatic rings. The molecule has 5 nitrogen and oxygen atoms in total. The van der Waals surface area contributed by atoms with E-state index in [4.69, 9.17) is 0 Å². The van der Waals surface area contributed by atoms with Crippen LogP contribution < -0.4 is 10.2 Å². The number of rotatable bonds is 5. The van der Waals surface area contributed by atoms with Gasteiger partial charge in [0.05, 0.1) is 6.20 Å². The lowest BCUT2D eigenvalue weighted by Crippen LogP contribution is -2.18. The molecule has 0 unspecified atom stereocenters. The maximum absolute atomic E-state index is 4.62. The summed E-state index contributed by atoms with van der Waals surface area (Å²) in [6, 6.07) is 16.4. The van der Waals surface area contributed by atoms with Crippen LogP contribution in [0.2, 0.25) is 0 Å². The molecule has 1 heterocycles. The minimum absolute atomic E-state index is 0.490. The molecule has 0 aliphatic heterocycles. The van der Waals surface area contributed by atoms with E-state index >= 15 is 0 Å². The van der Waals surface area contributed by atoms with E-state index in [0.717, 1.165) is 23.7 Å². The molecule has 3 rings (SSSR count).